The minimum Gasteiger partial charge on any atom is -0.372 e. The van der Waals surface area contributed by atoms with Crippen molar-refractivity contribution in [2.24, 2.45) is 0 Å². The van der Waals surface area contributed by atoms with E-state index < -0.39 is 17.3 Å². The average Bonchev–Trinajstić information content (AvgIpc) is 2.77. The molecule has 0 amide bonds. The molecule has 1 fully saturated rings. The molecular weight excluding hydrogens is 431 g/mol. The first-order valence-corrected chi connectivity index (χ1v) is 10.5. The number of rotatable bonds is 3. The zero-order valence-electron chi connectivity index (χ0n) is 18.4. The van der Waals surface area contributed by atoms with Gasteiger partial charge in [-0.2, -0.15) is 18.4 Å². The Morgan fingerprint density at radius 2 is 1.82 bits per heavy atom. The summed E-state index contributed by atoms with van der Waals surface area (Å²) in [5.74, 6) is 0.378. The highest BCUT2D eigenvalue weighted by molar-refractivity contribution is 5.84. The van der Waals surface area contributed by atoms with Gasteiger partial charge in [0.1, 0.15) is 6.07 Å². The predicted molar refractivity (Wildman–Crippen MR) is 117 cm³/mol. The molecule has 33 heavy (non-hydrogen) atoms. The quantitative estimate of drug-likeness (QED) is 0.555. The summed E-state index contributed by atoms with van der Waals surface area (Å²) < 4.78 is 46.7. The fourth-order valence-electron chi connectivity index (χ4n) is 4.10. The summed E-state index contributed by atoms with van der Waals surface area (Å²) in [6, 6.07) is 8.98. The number of aromatic nitrogens is 3. The molecule has 0 bridgehead atoms. The van der Waals surface area contributed by atoms with E-state index in [-0.39, 0.29) is 23.5 Å². The Bertz CT molecular complexity index is 1210. The number of anilines is 1. The molecule has 1 saturated heterocycles. The second kappa shape index (κ2) is 8.79. The normalized spacial score (nSPS) is 18.8. The van der Waals surface area contributed by atoms with Gasteiger partial charge in [0.2, 0.25) is 5.95 Å². The maximum atomic E-state index is 13.6. The average molecular weight is 453 g/mol. The number of ether oxygens (including phenoxy) is 1. The van der Waals surface area contributed by atoms with Crippen molar-refractivity contribution in [3.63, 3.8) is 0 Å². The van der Waals surface area contributed by atoms with Crippen molar-refractivity contribution >= 4 is 5.95 Å². The van der Waals surface area contributed by atoms with Crippen LogP contribution in [0.2, 0.25) is 0 Å². The van der Waals surface area contributed by atoms with E-state index in [1.165, 1.54) is 12.1 Å². The molecule has 1 aliphatic rings. The number of hydrogen-bond acceptors (Lipinski definition) is 6. The van der Waals surface area contributed by atoms with Gasteiger partial charge < -0.3 is 9.64 Å². The van der Waals surface area contributed by atoms with Crippen molar-refractivity contribution in [3.05, 3.63) is 59.5 Å². The highest BCUT2D eigenvalue weighted by Gasteiger charge is 2.35. The minimum atomic E-state index is -4.67. The van der Waals surface area contributed by atoms with Crippen LogP contribution in [0.3, 0.4) is 0 Å². The molecule has 2 aromatic heterocycles. The smallest absolute Gasteiger partial charge is 0.372 e. The first kappa shape index (κ1) is 22.7. The molecule has 0 radical (unpaired) electrons. The van der Waals surface area contributed by atoms with Crippen LogP contribution in [0.4, 0.5) is 19.1 Å². The second-order valence-corrected chi connectivity index (χ2v) is 8.12. The van der Waals surface area contributed by atoms with Crippen molar-refractivity contribution in [1.29, 1.82) is 5.26 Å². The maximum absolute atomic E-state index is 13.6. The summed E-state index contributed by atoms with van der Waals surface area (Å²) in [5, 5.41) is 9.69. The van der Waals surface area contributed by atoms with E-state index in [1.54, 1.807) is 30.6 Å². The standard InChI is InChI=1S/C24H22F3N5O/c1-14-9-17(7-8-29-14)20-11-30-23(32-12-15(2)33-16(3)13-32)31-22(20)18-5-4-6-21(19(18)10-28)24(25,26)27/h4-9,11,15-16H,12-13H2,1-3H3/t15-,16+. The topological polar surface area (TPSA) is 74.9 Å². The zero-order valence-corrected chi connectivity index (χ0v) is 18.4. The largest absolute Gasteiger partial charge is 0.417 e. The minimum absolute atomic E-state index is 0.0495. The lowest BCUT2D eigenvalue weighted by Gasteiger charge is -2.35. The number of benzene rings is 1. The van der Waals surface area contributed by atoms with Crippen LogP contribution in [0.25, 0.3) is 22.4 Å². The van der Waals surface area contributed by atoms with Crippen LogP contribution >= 0.6 is 0 Å². The van der Waals surface area contributed by atoms with Gasteiger partial charge in [-0.05, 0) is 44.5 Å². The van der Waals surface area contributed by atoms with E-state index in [1.807, 2.05) is 25.7 Å². The van der Waals surface area contributed by atoms with Gasteiger partial charge in [-0.3, -0.25) is 4.98 Å². The van der Waals surface area contributed by atoms with Crippen molar-refractivity contribution in [2.75, 3.05) is 18.0 Å². The van der Waals surface area contributed by atoms with Gasteiger partial charge in [0.05, 0.1) is 29.0 Å². The third kappa shape index (κ3) is 4.66. The van der Waals surface area contributed by atoms with E-state index >= 15 is 0 Å². The Labute approximate surface area is 189 Å². The summed E-state index contributed by atoms with van der Waals surface area (Å²) in [6.45, 7) is 6.80. The number of nitrogens with zero attached hydrogens (tertiary/aromatic N) is 5. The highest BCUT2D eigenvalue weighted by Crippen LogP contribution is 2.39. The van der Waals surface area contributed by atoms with Crippen LogP contribution in [-0.2, 0) is 10.9 Å². The molecule has 4 rings (SSSR count). The van der Waals surface area contributed by atoms with Crippen molar-refractivity contribution in [2.45, 2.75) is 39.2 Å². The molecule has 0 N–H and O–H groups in total. The number of alkyl halides is 3. The Morgan fingerprint density at radius 1 is 1.09 bits per heavy atom. The van der Waals surface area contributed by atoms with E-state index in [0.717, 1.165) is 11.8 Å². The molecule has 6 nitrogen and oxygen atoms in total. The van der Waals surface area contributed by atoms with Gasteiger partial charge in [-0.1, -0.05) is 12.1 Å². The van der Waals surface area contributed by atoms with Gasteiger partial charge in [-0.25, -0.2) is 9.97 Å². The monoisotopic (exact) mass is 453 g/mol. The molecule has 3 aromatic rings. The van der Waals surface area contributed by atoms with Crippen molar-refractivity contribution in [1.82, 2.24) is 15.0 Å². The number of hydrogen-bond donors (Lipinski definition) is 0. The van der Waals surface area contributed by atoms with Crippen molar-refractivity contribution < 1.29 is 17.9 Å². The van der Waals surface area contributed by atoms with Crippen LogP contribution in [0.5, 0.6) is 0 Å². The third-order valence-corrected chi connectivity index (χ3v) is 5.42. The van der Waals surface area contributed by atoms with Gasteiger partial charge >= 0.3 is 6.18 Å². The van der Waals surface area contributed by atoms with Crippen LogP contribution in [-0.4, -0.2) is 40.2 Å². The van der Waals surface area contributed by atoms with Crippen LogP contribution in [0, 0.1) is 18.3 Å². The summed E-state index contributed by atoms with van der Waals surface area (Å²) in [7, 11) is 0. The van der Waals surface area contributed by atoms with Gasteiger partial charge in [0, 0.05) is 42.3 Å². The van der Waals surface area contributed by atoms with Gasteiger partial charge in [0.15, 0.2) is 0 Å². The summed E-state index contributed by atoms with van der Waals surface area (Å²) >= 11 is 0. The first-order chi connectivity index (χ1) is 15.7. The van der Waals surface area contributed by atoms with Gasteiger partial charge in [0.25, 0.3) is 0 Å². The number of morpholine rings is 1. The molecule has 2 atom stereocenters. The molecule has 1 aromatic carbocycles. The zero-order chi connectivity index (χ0) is 23.8. The summed E-state index contributed by atoms with van der Waals surface area (Å²) in [6.07, 6.45) is -1.55. The molecule has 0 unspecified atom stereocenters. The molecule has 3 heterocycles. The summed E-state index contributed by atoms with van der Waals surface area (Å²) in [4.78, 5) is 15.4. The molecule has 0 spiro atoms. The van der Waals surface area contributed by atoms with Crippen LogP contribution in [0.15, 0.2) is 42.7 Å². The Hall–Kier alpha value is -3.51. The second-order valence-electron chi connectivity index (χ2n) is 8.12. The predicted octanol–water partition coefficient (Wildman–Crippen LogP) is 5.02. The van der Waals surface area contributed by atoms with E-state index in [4.69, 9.17) is 9.72 Å². The maximum Gasteiger partial charge on any atom is 0.417 e. The Balaban J connectivity index is 1.94. The fourth-order valence-corrected chi connectivity index (χ4v) is 4.10. The molecule has 9 heteroatoms. The molecular formula is C24H22F3N5O. The molecule has 0 saturated carbocycles. The Morgan fingerprint density at radius 3 is 2.45 bits per heavy atom. The van der Waals surface area contributed by atoms with Crippen LogP contribution in [0.1, 0.15) is 30.7 Å². The highest BCUT2D eigenvalue weighted by atomic mass is 19.4. The van der Waals surface area contributed by atoms with E-state index in [2.05, 4.69) is 9.97 Å². The van der Waals surface area contributed by atoms with E-state index in [9.17, 15) is 18.4 Å². The lowest BCUT2D eigenvalue weighted by molar-refractivity contribution is -0.137. The summed E-state index contributed by atoms with van der Waals surface area (Å²) in [5.41, 5.74) is 0.875. The molecule has 170 valence electrons. The van der Waals surface area contributed by atoms with Crippen molar-refractivity contribution in [3.8, 4) is 28.5 Å². The number of nitriles is 1. The first-order valence-electron chi connectivity index (χ1n) is 10.5. The lowest BCUT2D eigenvalue weighted by atomic mass is 9.94. The Kier molecular flexibility index (Phi) is 6.04. The third-order valence-electron chi connectivity index (χ3n) is 5.42. The number of aryl methyl sites for hydroxylation is 1. The van der Waals surface area contributed by atoms with Crippen LogP contribution < -0.4 is 4.90 Å². The number of pyridine rings is 1. The van der Waals surface area contributed by atoms with Gasteiger partial charge in [-0.15, -0.1) is 0 Å². The molecule has 0 aliphatic carbocycles. The number of halogens is 3. The SMILES string of the molecule is Cc1cc(-c2cnc(N3C[C@@H](C)O[C@@H](C)C3)nc2-c2cccc(C(F)(F)F)c2C#N)ccn1. The lowest BCUT2D eigenvalue weighted by Crippen LogP contribution is -2.46. The molecule has 1 aliphatic heterocycles. The van der Waals surface area contributed by atoms with E-state index in [0.29, 0.717) is 30.2 Å². The fraction of sp³-hybridized carbons (Fsp3) is 0.333.